The van der Waals surface area contributed by atoms with E-state index in [4.69, 9.17) is 0 Å². The summed E-state index contributed by atoms with van der Waals surface area (Å²) in [5, 5.41) is 11.4. The minimum atomic E-state index is -2.27. The summed E-state index contributed by atoms with van der Waals surface area (Å²) in [4.78, 5) is 4.79. The van der Waals surface area contributed by atoms with E-state index in [1.54, 1.807) is 20.0 Å². The van der Waals surface area contributed by atoms with Crippen molar-refractivity contribution in [2.24, 2.45) is 0 Å². The highest BCUT2D eigenvalue weighted by molar-refractivity contribution is 8.01. The predicted octanol–water partition coefficient (Wildman–Crippen LogP) is 4.04. The lowest BCUT2D eigenvalue weighted by Gasteiger charge is -2.02. The van der Waals surface area contributed by atoms with Gasteiger partial charge in [0.05, 0.1) is 6.20 Å². The Bertz CT molecular complexity index is 496. The number of hydroxylamine groups is 1. The standard InChI is InChI=1S/C11H13F3N2OS2/c1-3-16(17)7(2)9-6-15-11(19-9)18-5-4-8(12)10(13)14/h6H,3-5H2,1-2H3/b16-7-. The molecule has 0 unspecified atom stereocenters. The first-order chi connectivity index (χ1) is 8.95. The Morgan fingerprint density at radius 2 is 2.16 bits per heavy atom. The molecule has 19 heavy (non-hydrogen) atoms. The van der Waals surface area contributed by atoms with E-state index < -0.39 is 11.9 Å². The second-order valence-electron chi connectivity index (χ2n) is 3.53. The Hall–Kier alpha value is -1.02. The van der Waals surface area contributed by atoms with Crippen molar-refractivity contribution in [3.8, 4) is 0 Å². The van der Waals surface area contributed by atoms with E-state index in [-0.39, 0.29) is 12.2 Å². The Labute approximate surface area is 117 Å². The molecule has 0 bridgehead atoms. The lowest BCUT2D eigenvalue weighted by Crippen LogP contribution is -2.12. The molecule has 0 fully saturated rings. The zero-order valence-electron chi connectivity index (χ0n) is 10.5. The molecule has 106 valence electrons. The van der Waals surface area contributed by atoms with Crippen molar-refractivity contribution in [2.75, 3.05) is 12.3 Å². The number of allylic oxidation sites excluding steroid dienone is 1. The van der Waals surface area contributed by atoms with Crippen LogP contribution >= 0.6 is 23.1 Å². The van der Waals surface area contributed by atoms with Crippen LogP contribution in [0.15, 0.2) is 22.4 Å². The number of hydrogen-bond acceptors (Lipinski definition) is 4. The summed E-state index contributed by atoms with van der Waals surface area (Å²) in [6, 6.07) is 0. The fraction of sp³-hybridized carbons (Fsp3) is 0.455. The topological polar surface area (TPSA) is 39.0 Å². The van der Waals surface area contributed by atoms with Crippen molar-refractivity contribution >= 4 is 28.8 Å². The molecule has 0 aliphatic heterocycles. The third kappa shape index (κ3) is 4.87. The molecule has 0 aromatic carbocycles. The van der Waals surface area contributed by atoms with Gasteiger partial charge in [0.2, 0.25) is 5.71 Å². The van der Waals surface area contributed by atoms with E-state index in [0.29, 0.717) is 16.6 Å². The van der Waals surface area contributed by atoms with Gasteiger partial charge in [0, 0.05) is 19.1 Å². The van der Waals surface area contributed by atoms with Gasteiger partial charge in [-0.15, -0.1) is 11.3 Å². The molecule has 1 aromatic rings. The first-order valence-corrected chi connectivity index (χ1v) is 7.32. The number of nitrogens with zero attached hydrogens (tertiary/aromatic N) is 2. The molecule has 0 aliphatic rings. The number of rotatable bonds is 6. The third-order valence-electron chi connectivity index (χ3n) is 2.25. The van der Waals surface area contributed by atoms with Gasteiger partial charge < -0.3 is 5.21 Å². The summed E-state index contributed by atoms with van der Waals surface area (Å²) >= 11 is 2.48. The molecule has 1 rings (SSSR count). The van der Waals surface area contributed by atoms with Crippen LogP contribution in [0, 0.1) is 5.21 Å². The van der Waals surface area contributed by atoms with Crippen LogP contribution in [0.3, 0.4) is 0 Å². The fourth-order valence-corrected chi connectivity index (χ4v) is 3.16. The van der Waals surface area contributed by atoms with Gasteiger partial charge in [0.1, 0.15) is 4.88 Å². The van der Waals surface area contributed by atoms with Crippen LogP contribution < -0.4 is 0 Å². The van der Waals surface area contributed by atoms with Gasteiger partial charge in [-0.05, 0) is 6.92 Å². The largest absolute Gasteiger partial charge is 0.624 e. The summed E-state index contributed by atoms with van der Waals surface area (Å²) < 4.78 is 37.7. The number of hydrogen-bond donors (Lipinski definition) is 0. The van der Waals surface area contributed by atoms with Gasteiger partial charge in [-0.25, -0.2) is 14.1 Å². The zero-order chi connectivity index (χ0) is 14.4. The van der Waals surface area contributed by atoms with Gasteiger partial charge in [-0.2, -0.15) is 8.78 Å². The highest BCUT2D eigenvalue weighted by atomic mass is 32.2. The first kappa shape index (κ1) is 16.0. The summed E-state index contributed by atoms with van der Waals surface area (Å²) in [5.74, 6) is -1.20. The van der Waals surface area contributed by atoms with Gasteiger partial charge >= 0.3 is 6.08 Å². The maximum atomic E-state index is 12.6. The predicted molar refractivity (Wildman–Crippen MR) is 71.8 cm³/mol. The minimum absolute atomic E-state index is 0.185. The smallest absolute Gasteiger partial charge is 0.301 e. The fourth-order valence-electron chi connectivity index (χ4n) is 1.17. The van der Waals surface area contributed by atoms with Crippen LogP contribution in [-0.2, 0) is 0 Å². The Kier molecular flexibility index (Phi) is 6.36. The second kappa shape index (κ2) is 7.54. The van der Waals surface area contributed by atoms with Crippen molar-refractivity contribution in [3.63, 3.8) is 0 Å². The van der Waals surface area contributed by atoms with Crippen LogP contribution in [0.2, 0.25) is 0 Å². The van der Waals surface area contributed by atoms with Gasteiger partial charge in [-0.3, -0.25) is 0 Å². The molecule has 1 heterocycles. The number of halogens is 3. The van der Waals surface area contributed by atoms with Crippen molar-refractivity contribution in [1.82, 2.24) is 4.98 Å². The third-order valence-corrected chi connectivity index (χ3v) is 4.52. The van der Waals surface area contributed by atoms with Gasteiger partial charge in [0.15, 0.2) is 16.7 Å². The van der Waals surface area contributed by atoms with E-state index in [1.165, 1.54) is 23.1 Å². The van der Waals surface area contributed by atoms with Crippen LogP contribution in [-0.4, -0.2) is 27.7 Å². The van der Waals surface area contributed by atoms with E-state index in [0.717, 1.165) is 9.62 Å². The normalized spacial score (nSPS) is 12.3. The number of thioether (sulfide) groups is 1. The van der Waals surface area contributed by atoms with Crippen LogP contribution in [0.5, 0.6) is 0 Å². The highest BCUT2D eigenvalue weighted by Crippen LogP contribution is 2.27. The molecule has 0 saturated heterocycles. The molecule has 0 radical (unpaired) electrons. The summed E-state index contributed by atoms with van der Waals surface area (Å²) in [6.07, 6.45) is -1.03. The van der Waals surface area contributed by atoms with Crippen molar-refractivity contribution in [1.29, 1.82) is 0 Å². The first-order valence-electron chi connectivity index (χ1n) is 5.52. The average molecular weight is 310 g/mol. The maximum Gasteiger partial charge on any atom is 0.301 e. The number of thiazole rings is 1. The molecule has 0 atom stereocenters. The van der Waals surface area contributed by atoms with E-state index >= 15 is 0 Å². The van der Waals surface area contributed by atoms with Crippen LogP contribution in [0.1, 0.15) is 25.1 Å². The molecule has 3 nitrogen and oxygen atoms in total. The van der Waals surface area contributed by atoms with E-state index in [1.807, 2.05) is 0 Å². The Morgan fingerprint density at radius 1 is 1.47 bits per heavy atom. The van der Waals surface area contributed by atoms with E-state index in [2.05, 4.69) is 4.98 Å². The summed E-state index contributed by atoms with van der Waals surface area (Å²) in [5.41, 5.74) is 0.563. The van der Waals surface area contributed by atoms with Gasteiger partial charge in [0.25, 0.3) is 0 Å². The summed E-state index contributed by atoms with van der Waals surface area (Å²) in [7, 11) is 0. The van der Waals surface area contributed by atoms with Gasteiger partial charge in [-0.1, -0.05) is 11.8 Å². The molecule has 0 amide bonds. The molecule has 0 N–H and O–H groups in total. The molecular weight excluding hydrogens is 297 g/mol. The zero-order valence-corrected chi connectivity index (χ0v) is 12.1. The Morgan fingerprint density at radius 3 is 2.74 bits per heavy atom. The van der Waals surface area contributed by atoms with Crippen LogP contribution in [0.4, 0.5) is 13.2 Å². The highest BCUT2D eigenvalue weighted by Gasteiger charge is 2.12. The average Bonchev–Trinajstić information content (AvgIpc) is 2.85. The number of aromatic nitrogens is 1. The molecule has 0 saturated carbocycles. The SMILES string of the molecule is CC/[N+]([O-])=C(\C)c1cnc(SCCC(F)=C(F)F)s1. The molecule has 8 heteroatoms. The summed E-state index contributed by atoms with van der Waals surface area (Å²) in [6.45, 7) is 3.78. The maximum absolute atomic E-state index is 12.6. The molecule has 1 aromatic heterocycles. The van der Waals surface area contributed by atoms with Crippen LogP contribution in [0.25, 0.3) is 0 Å². The minimum Gasteiger partial charge on any atom is -0.624 e. The quantitative estimate of drug-likeness (QED) is 0.262. The van der Waals surface area contributed by atoms with Crippen molar-refractivity contribution in [2.45, 2.75) is 24.6 Å². The lowest BCUT2D eigenvalue weighted by atomic mass is 10.4. The monoisotopic (exact) mass is 310 g/mol. The lowest BCUT2D eigenvalue weighted by molar-refractivity contribution is -0.453. The molecule has 0 aliphatic carbocycles. The van der Waals surface area contributed by atoms with Crippen molar-refractivity contribution < 1.29 is 17.9 Å². The Balaban J connectivity index is 2.60. The van der Waals surface area contributed by atoms with E-state index in [9.17, 15) is 18.4 Å². The molecule has 0 spiro atoms. The second-order valence-corrected chi connectivity index (χ2v) is 5.91. The molecular formula is C11H13F3N2OS2. The van der Waals surface area contributed by atoms with Crippen molar-refractivity contribution in [3.05, 3.63) is 28.2 Å².